The fraction of sp³-hybridized carbons (Fsp3) is 0.571. The van der Waals surface area contributed by atoms with Gasteiger partial charge in [0, 0.05) is 50.9 Å². The van der Waals surface area contributed by atoms with Crippen molar-refractivity contribution in [3.63, 3.8) is 0 Å². The minimum Gasteiger partial charge on any atom is -0.492 e. The standard InChI is InChI=1S/C28H37FN4O7/c1-16-14-31(11-12-32(16)27(38)40-28(2,3)4)23-20(29)13-18-22(25(23)39-5)33(17-8-9-17)15-19(24(18)36)26(37)30-10-6-7-21(34)35/h13,15-17H,6-12,14H2,1-5H3,(H,30,37)(H,34,35). The van der Waals surface area contributed by atoms with E-state index in [9.17, 15) is 19.2 Å². The topological polar surface area (TPSA) is 130 Å². The summed E-state index contributed by atoms with van der Waals surface area (Å²) in [6, 6.07) is 0.901. The van der Waals surface area contributed by atoms with Crippen molar-refractivity contribution in [1.82, 2.24) is 14.8 Å². The molecule has 2 aliphatic rings. The highest BCUT2D eigenvalue weighted by Gasteiger charge is 2.35. The van der Waals surface area contributed by atoms with Gasteiger partial charge < -0.3 is 34.3 Å². The molecule has 2 aromatic rings. The lowest BCUT2D eigenvalue weighted by Crippen LogP contribution is -2.55. The van der Waals surface area contributed by atoms with Crippen LogP contribution in [0.25, 0.3) is 10.9 Å². The number of hydrogen-bond acceptors (Lipinski definition) is 7. The first-order chi connectivity index (χ1) is 18.8. The van der Waals surface area contributed by atoms with Crippen LogP contribution in [0, 0.1) is 5.82 Å². The third-order valence-electron chi connectivity index (χ3n) is 7.01. The Morgan fingerprint density at radius 3 is 2.48 bits per heavy atom. The van der Waals surface area contributed by atoms with E-state index in [1.807, 2.05) is 16.4 Å². The number of pyridine rings is 1. The molecule has 1 aromatic carbocycles. The molecule has 1 aromatic heterocycles. The molecule has 2 amide bonds. The Hall–Kier alpha value is -3.83. The number of ether oxygens (including phenoxy) is 2. The number of fused-ring (bicyclic) bond motifs is 1. The van der Waals surface area contributed by atoms with Gasteiger partial charge in [0.2, 0.25) is 5.43 Å². The second-order valence-electron chi connectivity index (χ2n) is 11.4. The van der Waals surface area contributed by atoms with Gasteiger partial charge in [-0.25, -0.2) is 9.18 Å². The van der Waals surface area contributed by atoms with E-state index in [1.54, 1.807) is 25.7 Å². The van der Waals surface area contributed by atoms with Crippen LogP contribution in [0.15, 0.2) is 17.1 Å². The summed E-state index contributed by atoms with van der Waals surface area (Å²) in [6.07, 6.45) is 2.83. The van der Waals surface area contributed by atoms with Crippen molar-refractivity contribution in [2.45, 2.75) is 71.1 Å². The van der Waals surface area contributed by atoms with Crippen LogP contribution in [0.1, 0.15) is 69.8 Å². The van der Waals surface area contributed by atoms with Crippen LogP contribution >= 0.6 is 0 Å². The number of nitrogens with zero attached hydrogens (tertiary/aromatic N) is 3. The number of amides is 2. The van der Waals surface area contributed by atoms with E-state index >= 15 is 4.39 Å². The maximum absolute atomic E-state index is 15.8. The second kappa shape index (κ2) is 11.3. The molecule has 1 atom stereocenters. The Kier molecular flexibility index (Phi) is 8.27. The van der Waals surface area contributed by atoms with E-state index in [-0.39, 0.29) is 53.9 Å². The average Bonchev–Trinajstić information content (AvgIpc) is 3.70. The monoisotopic (exact) mass is 560 g/mol. The largest absolute Gasteiger partial charge is 0.492 e. The summed E-state index contributed by atoms with van der Waals surface area (Å²) in [7, 11) is 1.42. The summed E-state index contributed by atoms with van der Waals surface area (Å²) in [6.45, 7) is 8.32. The highest BCUT2D eigenvalue weighted by molar-refractivity contribution is 6.00. The molecular formula is C28H37FN4O7. The molecule has 1 saturated heterocycles. The van der Waals surface area contributed by atoms with Gasteiger partial charge in [-0.1, -0.05) is 0 Å². The summed E-state index contributed by atoms with van der Waals surface area (Å²) >= 11 is 0. The highest BCUT2D eigenvalue weighted by atomic mass is 19.1. The van der Waals surface area contributed by atoms with Crippen LogP contribution in [0.5, 0.6) is 5.75 Å². The van der Waals surface area contributed by atoms with E-state index in [2.05, 4.69) is 5.32 Å². The normalized spacial score (nSPS) is 17.6. The zero-order chi connectivity index (χ0) is 29.4. The van der Waals surface area contributed by atoms with E-state index in [0.717, 1.165) is 18.9 Å². The molecule has 40 heavy (non-hydrogen) atoms. The molecule has 0 spiro atoms. The summed E-state index contributed by atoms with van der Waals surface area (Å²) in [5.41, 5.74) is -0.790. The molecule has 218 valence electrons. The lowest BCUT2D eigenvalue weighted by atomic mass is 10.1. The van der Waals surface area contributed by atoms with Crippen LogP contribution in [0.2, 0.25) is 0 Å². The molecule has 1 aliphatic heterocycles. The summed E-state index contributed by atoms with van der Waals surface area (Å²) < 4.78 is 28.9. The number of carboxylic acid groups (broad SMARTS) is 1. The smallest absolute Gasteiger partial charge is 0.410 e. The zero-order valence-electron chi connectivity index (χ0n) is 23.6. The van der Waals surface area contributed by atoms with E-state index in [4.69, 9.17) is 14.6 Å². The number of methoxy groups -OCH3 is 1. The number of rotatable bonds is 8. The summed E-state index contributed by atoms with van der Waals surface area (Å²) in [5.74, 6) is -2.08. The molecule has 0 radical (unpaired) electrons. The number of benzene rings is 1. The number of aliphatic carboxylic acids is 1. The zero-order valence-corrected chi connectivity index (χ0v) is 23.6. The SMILES string of the molecule is COc1c(N2CCN(C(=O)OC(C)(C)C)C(C)C2)c(F)cc2c(=O)c(C(=O)NCCCC(=O)O)cn(C3CC3)c12. The number of carboxylic acids is 1. The Labute approximate surface area is 231 Å². The first-order valence-corrected chi connectivity index (χ1v) is 13.5. The lowest BCUT2D eigenvalue weighted by Gasteiger charge is -2.41. The highest BCUT2D eigenvalue weighted by Crippen LogP contribution is 2.44. The van der Waals surface area contributed by atoms with Crippen molar-refractivity contribution in [2.75, 3.05) is 38.2 Å². The first kappa shape index (κ1) is 29.2. The summed E-state index contributed by atoms with van der Waals surface area (Å²) in [4.78, 5) is 53.2. The van der Waals surface area contributed by atoms with Gasteiger partial charge in [-0.2, -0.15) is 0 Å². The molecular weight excluding hydrogens is 523 g/mol. The molecule has 2 heterocycles. The molecule has 4 rings (SSSR count). The molecule has 1 saturated carbocycles. The Bertz CT molecular complexity index is 1380. The van der Waals surface area contributed by atoms with Gasteiger partial charge in [-0.05, 0) is 53.0 Å². The molecule has 1 aliphatic carbocycles. The van der Waals surface area contributed by atoms with Crippen molar-refractivity contribution in [3.8, 4) is 5.75 Å². The molecule has 1 unspecified atom stereocenters. The van der Waals surface area contributed by atoms with Crippen LogP contribution in [0.4, 0.5) is 14.9 Å². The van der Waals surface area contributed by atoms with Gasteiger partial charge in [0.05, 0.1) is 18.0 Å². The average molecular weight is 561 g/mol. The van der Waals surface area contributed by atoms with Crippen molar-refractivity contribution in [3.05, 3.63) is 33.9 Å². The van der Waals surface area contributed by atoms with Crippen molar-refractivity contribution >= 4 is 34.6 Å². The van der Waals surface area contributed by atoms with E-state index < -0.39 is 34.8 Å². The van der Waals surface area contributed by atoms with Crippen LogP contribution in [0.3, 0.4) is 0 Å². The van der Waals surface area contributed by atoms with Crippen LogP contribution < -0.4 is 20.4 Å². The van der Waals surface area contributed by atoms with E-state index in [0.29, 0.717) is 25.2 Å². The maximum atomic E-state index is 15.8. The molecule has 2 N–H and O–H groups in total. The number of carbonyl (C=O) groups is 3. The van der Waals surface area contributed by atoms with Crippen LogP contribution in [-0.2, 0) is 9.53 Å². The number of anilines is 1. The second-order valence-corrected chi connectivity index (χ2v) is 11.4. The third kappa shape index (κ3) is 6.15. The number of halogens is 1. The van der Waals surface area contributed by atoms with Crippen molar-refractivity contribution in [2.24, 2.45) is 0 Å². The van der Waals surface area contributed by atoms with Gasteiger partial charge >= 0.3 is 12.1 Å². The maximum Gasteiger partial charge on any atom is 0.410 e. The molecule has 12 heteroatoms. The van der Waals surface area contributed by atoms with Crippen molar-refractivity contribution < 1.29 is 33.4 Å². The van der Waals surface area contributed by atoms with Gasteiger partial charge in [0.15, 0.2) is 11.6 Å². The lowest BCUT2D eigenvalue weighted by molar-refractivity contribution is -0.137. The van der Waals surface area contributed by atoms with Crippen LogP contribution in [-0.4, -0.2) is 77.5 Å². The number of piperazine rings is 1. The summed E-state index contributed by atoms with van der Waals surface area (Å²) in [5, 5.41) is 11.4. The predicted molar refractivity (Wildman–Crippen MR) is 147 cm³/mol. The van der Waals surface area contributed by atoms with Gasteiger partial charge in [-0.3, -0.25) is 14.4 Å². The van der Waals surface area contributed by atoms with Gasteiger partial charge in [-0.15, -0.1) is 0 Å². The fourth-order valence-corrected chi connectivity index (χ4v) is 5.02. The van der Waals surface area contributed by atoms with E-state index in [1.165, 1.54) is 13.3 Å². The number of nitrogens with one attached hydrogen (secondary N) is 1. The minimum absolute atomic E-state index is 0.0248. The number of carbonyl (C=O) groups excluding carboxylic acids is 2. The quantitative estimate of drug-likeness (QED) is 0.469. The molecule has 0 bridgehead atoms. The van der Waals surface area contributed by atoms with Gasteiger partial charge in [0.1, 0.15) is 16.9 Å². The Balaban J connectivity index is 1.69. The predicted octanol–water partition coefficient (Wildman–Crippen LogP) is 3.52. The van der Waals surface area contributed by atoms with Crippen molar-refractivity contribution in [1.29, 1.82) is 0 Å². The number of aromatic nitrogens is 1. The molecule has 11 nitrogen and oxygen atoms in total. The Morgan fingerprint density at radius 2 is 1.90 bits per heavy atom. The number of hydrogen-bond donors (Lipinski definition) is 2. The fourth-order valence-electron chi connectivity index (χ4n) is 5.02. The Morgan fingerprint density at radius 1 is 1.20 bits per heavy atom. The first-order valence-electron chi connectivity index (χ1n) is 13.5. The third-order valence-corrected chi connectivity index (χ3v) is 7.01. The van der Waals surface area contributed by atoms with Gasteiger partial charge in [0.25, 0.3) is 5.91 Å². The minimum atomic E-state index is -0.977. The molecule has 2 fully saturated rings.